The molecule has 0 aliphatic heterocycles. The number of hydrogen-bond acceptors (Lipinski definition) is 1. The lowest BCUT2D eigenvalue weighted by Gasteiger charge is -2.12. The van der Waals surface area contributed by atoms with Crippen LogP contribution in [-0.2, 0) is 0 Å². The molecule has 0 aliphatic carbocycles. The first-order valence-corrected chi connectivity index (χ1v) is 7.20. The van der Waals surface area contributed by atoms with E-state index >= 15 is 0 Å². The SMILES string of the molecule is Cc1cccc(C(Cl)c2cc(Br)sc2C)c1F. The Morgan fingerprint density at radius 2 is 2.00 bits per heavy atom. The summed E-state index contributed by atoms with van der Waals surface area (Å²) in [6, 6.07) is 7.28. The molecular weight excluding hydrogens is 323 g/mol. The molecule has 0 amide bonds. The minimum absolute atomic E-state index is 0.214. The van der Waals surface area contributed by atoms with E-state index in [1.165, 1.54) is 0 Å². The number of halogens is 3. The summed E-state index contributed by atoms with van der Waals surface area (Å²) in [4.78, 5) is 1.11. The molecule has 1 aromatic heterocycles. The van der Waals surface area contributed by atoms with Crippen molar-refractivity contribution in [3.63, 3.8) is 0 Å². The van der Waals surface area contributed by atoms with Crippen LogP contribution in [0.2, 0.25) is 0 Å². The fourth-order valence-corrected chi connectivity index (χ4v) is 3.95. The largest absolute Gasteiger partial charge is 0.206 e. The van der Waals surface area contributed by atoms with Gasteiger partial charge in [-0.1, -0.05) is 18.2 Å². The summed E-state index contributed by atoms with van der Waals surface area (Å²) in [6.45, 7) is 3.74. The number of thiophene rings is 1. The Balaban J connectivity index is 2.47. The summed E-state index contributed by atoms with van der Waals surface area (Å²) >= 11 is 11.4. The van der Waals surface area contributed by atoms with Crippen molar-refractivity contribution in [2.24, 2.45) is 0 Å². The van der Waals surface area contributed by atoms with E-state index in [4.69, 9.17) is 11.6 Å². The molecule has 2 rings (SSSR count). The van der Waals surface area contributed by atoms with Crippen molar-refractivity contribution < 1.29 is 4.39 Å². The van der Waals surface area contributed by atoms with E-state index in [-0.39, 0.29) is 5.82 Å². The standard InChI is InChI=1S/C13H11BrClFS/c1-7-4-3-5-9(13(7)16)12(15)10-6-11(14)17-8(10)2/h3-6,12H,1-2H3. The Kier molecular flexibility index (Phi) is 3.91. The van der Waals surface area contributed by atoms with Gasteiger partial charge in [0.25, 0.3) is 0 Å². The van der Waals surface area contributed by atoms with Gasteiger partial charge in [0.05, 0.1) is 9.16 Å². The Hall–Kier alpha value is -0.380. The van der Waals surface area contributed by atoms with Gasteiger partial charge in [-0.3, -0.25) is 0 Å². The van der Waals surface area contributed by atoms with E-state index in [0.29, 0.717) is 11.1 Å². The number of rotatable bonds is 2. The summed E-state index contributed by atoms with van der Waals surface area (Å²) < 4.78 is 15.0. The maximum absolute atomic E-state index is 14.0. The van der Waals surface area contributed by atoms with Gasteiger partial charge in [-0.25, -0.2) is 4.39 Å². The third kappa shape index (κ3) is 2.56. The normalized spacial score (nSPS) is 12.8. The summed E-state index contributed by atoms with van der Waals surface area (Å²) in [5.41, 5.74) is 2.13. The zero-order valence-electron chi connectivity index (χ0n) is 9.43. The highest BCUT2D eigenvalue weighted by Crippen LogP contribution is 2.38. The second-order valence-electron chi connectivity index (χ2n) is 3.90. The smallest absolute Gasteiger partial charge is 0.131 e. The molecule has 0 bridgehead atoms. The number of alkyl halides is 1. The molecule has 90 valence electrons. The molecule has 0 nitrogen and oxygen atoms in total. The fourth-order valence-electron chi connectivity index (χ4n) is 1.74. The van der Waals surface area contributed by atoms with E-state index in [2.05, 4.69) is 15.9 Å². The molecule has 0 radical (unpaired) electrons. The molecule has 0 saturated heterocycles. The Bertz CT molecular complexity index is 550. The van der Waals surface area contributed by atoms with Gasteiger partial charge in [0.15, 0.2) is 0 Å². The zero-order valence-corrected chi connectivity index (χ0v) is 12.6. The first-order chi connectivity index (χ1) is 8.00. The van der Waals surface area contributed by atoms with E-state index in [1.54, 1.807) is 30.4 Å². The quantitative estimate of drug-likeness (QED) is 0.628. The van der Waals surface area contributed by atoms with Gasteiger partial charge in [0, 0.05) is 10.4 Å². The average molecular weight is 334 g/mol. The maximum atomic E-state index is 14.0. The average Bonchev–Trinajstić information content (AvgIpc) is 2.61. The molecule has 1 unspecified atom stereocenters. The minimum Gasteiger partial charge on any atom is -0.206 e. The molecule has 2 aromatic rings. The van der Waals surface area contributed by atoms with Crippen molar-refractivity contribution in [3.8, 4) is 0 Å². The lowest BCUT2D eigenvalue weighted by atomic mass is 10.0. The zero-order chi connectivity index (χ0) is 12.6. The fraction of sp³-hybridized carbons (Fsp3) is 0.231. The van der Waals surface area contributed by atoms with Gasteiger partial charge in [-0.15, -0.1) is 22.9 Å². The molecular formula is C13H11BrClFS. The predicted molar refractivity (Wildman–Crippen MR) is 75.6 cm³/mol. The van der Waals surface area contributed by atoms with Gasteiger partial charge in [0.1, 0.15) is 5.82 Å². The van der Waals surface area contributed by atoms with Crippen LogP contribution < -0.4 is 0 Å². The highest BCUT2D eigenvalue weighted by molar-refractivity contribution is 9.11. The third-order valence-electron chi connectivity index (χ3n) is 2.69. The maximum Gasteiger partial charge on any atom is 0.131 e. The van der Waals surface area contributed by atoms with Crippen LogP contribution in [0.5, 0.6) is 0 Å². The van der Waals surface area contributed by atoms with Gasteiger partial charge in [-0.05, 0) is 47.0 Å². The molecule has 4 heteroatoms. The summed E-state index contributed by atoms with van der Waals surface area (Å²) in [5, 5.41) is -0.433. The highest BCUT2D eigenvalue weighted by atomic mass is 79.9. The summed E-state index contributed by atoms with van der Waals surface area (Å²) in [6.07, 6.45) is 0. The van der Waals surface area contributed by atoms with E-state index in [0.717, 1.165) is 14.2 Å². The molecule has 0 N–H and O–H groups in total. The molecule has 0 saturated carbocycles. The van der Waals surface area contributed by atoms with E-state index < -0.39 is 5.38 Å². The Labute approximate surface area is 118 Å². The summed E-state index contributed by atoms with van der Waals surface area (Å²) in [5.74, 6) is -0.214. The van der Waals surface area contributed by atoms with Crippen LogP contribution in [0.25, 0.3) is 0 Å². The topological polar surface area (TPSA) is 0 Å². The first-order valence-electron chi connectivity index (χ1n) is 5.15. The van der Waals surface area contributed by atoms with E-state index in [9.17, 15) is 4.39 Å². The van der Waals surface area contributed by atoms with Gasteiger partial charge in [-0.2, -0.15) is 0 Å². The molecule has 1 heterocycles. The first kappa shape index (κ1) is 13.1. The Morgan fingerprint density at radius 1 is 1.29 bits per heavy atom. The number of benzene rings is 1. The van der Waals surface area contributed by atoms with Crippen LogP contribution in [0.3, 0.4) is 0 Å². The van der Waals surface area contributed by atoms with Crippen LogP contribution in [-0.4, -0.2) is 0 Å². The second-order valence-corrected chi connectivity index (χ2v) is 6.97. The van der Waals surface area contributed by atoms with Crippen LogP contribution in [0.4, 0.5) is 4.39 Å². The highest BCUT2D eigenvalue weighted by Gasteiger charge is 2.19. The van der Waals surface area contributed by atoms with Crippen molar-refractivity contribution in [1.82, 2.24) is 0 Å². The number of aryl methyl sites for hydroxylation is 2. The van der Waals surface area contributed by atoms with Crippen molar-refractivity contribution in [2.45, 2.75) is 19.2 Å². The molecule has 1 aromatic carbocycles. The van der Waals surface area contributed by atoms with Crippen LogP contribution >= 0.6 is 38.9 Å². The van der Waals surface area contributed by atoms with Crippen molar-refractivity contribution in [1.29, 1.82) is 0 Å². The van der Waals surface area contributed by atoms with Gasteiger partial charge < -0.3 is 0 Å². The van der Waals surface area contributed by atoms with Crippen LogP contribution in [0.1, 0.15) is 26.9 Å². The van der Waals surface area contributed by atoms with Gasteiger partial charge in [0.2, 0.25) is 0 Å². The molecule has 0 spiro atoms. The van der Waals surface area contributed by atoms with E-state index in [1.807, 2.05) is 19.1 Å². The number of hydrogen-bond donors (Lipinski definition) is 0. The van der Waals surface area contributed by atoms with Crippen LogP contribution in [0, 0.1) is 19.7 Å². The second kappa shape index (κ2) is 5.09. The van der Waals surface area contributed by atoms with Crippen molar-refractivity contribution in [2.75, 3.05) is 0 Å². The monoisotopic (exact) mass is 332 g/mol. The lowest BCUT2D eigenvalue weighted by Crippen LogP contribution is -1.98. The summed E-state index contributed by atoms with van der Waals surface area (Å²) in [7, 11) is 0. The molecule has 1 atom stereocenters. The van der Waals surface area contributed by atoms with Crippen molar-refractivity contribution in [3.05, 3.63) is 55.4 Å². The third-order valence-corrected chi connectivity index (χ3v) is 4.73. The molecule has 0 aliphatic rings. The Morgan fingerprint density at radius 3 is 2.59 bits per heavy atom. The molecule has 17 heavy (non-hydrogen) atoms. The van der Waals surface area contributed by atoms with Crippen LogP contribution in [0.15, 0.2) is 28.1 Å². The lowest BCUT2D eigenvalue weighted by molar-refractivity contribution is 0.603. The van der Waals surface area contributed by atoms with Gasteiger partial charge >= 0.3 is 0 Å². The minimum atomic E-state index is -0.433. The van der Waals surface area contributed by atoms with Crippen molar-refractivity contribution >= 4 is 38.9 Å². The predicted octanol–water partition coefficient (Wildman–Crippen LogP) is 5.59. The molecule has 0 fully saturated rings.